The predicted octanol–water partition coefficient (Wildman–Crippen LogP) is 2.27. The summed E-state index contributed by atoms with van der Waals surface area (Å²) < 4.78 is 10.6. The maximum Gasteiger partial charge on any atom is 0.223 e. The molecule has 0 aromatic heterocycles. The Morgan fingerprint density at radius 2 is 1.77 bits per heavy atom. The molecule has 0 saturated heterocycles. The van der Waals surface area contributed by atoms with Crippen LogP contribution < -0.4 is 20.5 Å². The van der Waals surface area contributed by atoms with Gasteiger partial charge >= 0.3 is 0 Å². The standard InChI is InChI=1S/C16H24N2O3.ClH/c1-20-14-6-8-15(9-7-14)21-11-10-16(19)18-13-4-2-12(17)3-5-13;/h6-9,12-13H,2-5,10-11,17H2,1H3,(H,18,19);1H. The summed E-state index contributed by atoms with van der Waals surface area (Å²) in [5, 5.41) is 3.05. The minimum absolute atomic E-state index is 0. The number of hydrogen-bond acceptors (Lipinski definition) is 4. The molecule has 0 aliphatic heterocycles. The monoisotopic (exact) mass is 328 g/mol. The lowest BCUT2D eigenvalue weighted by Crippen LogP contribution is -2.40. The summed E-state index contributed by atoms with van der Waals surface area (Å²) in [6.07, 6.45) is 4.31. The normalized spacial score (nSPS) is 20.6. The van der Waals surface area contributed by atoms with Gasteiger partial charge in [-0.15, -0.1) is 12.4 Å². The first-order valence-corrected chi connectivity index (χ1v) is 7.49. The molecule has 124 valence electrons. The average molecular weight is 329 g/mol. The summed E-state index contributed by atoms with van der Waals surface area (Å²) in [7, 11) is 1.62. The van der Waals surface area contributed by atoms with Crippen LogP contribution >= 0.6 is 12.4 Å². The van der Waals surface area contributed by atoms with Crippen molar-refractivity contribution < 1.29 is 14.3 Å². The van der Waals surface area contributed by atoms with Crippen molar-refractivity contribution in [2.24, 2.45) is 5.73 Å². The lowest BCUT2D eigenvalue weighted by molar-refractivity contribution is -0.122. The van der Waals surface area contributed by atoms with E-state index in [4.69, 9.17) is 15.2 Å². The molecule has 6 heteroatoms. The number of methoxy groups -OCH3 is 1. The third-order valence-corrected chi connectivity index (χ3v) is 3.79. The Morgan fingerprint density at radius 1 is 1.18 bits per heavy atom. The van der Waals surface area contributed by atoms with E-state index < -0.39 is 0 Å². The summed E-state index contributed by atoms with van der Waals surface area (Å²) in [4.78, 5) is 11.8. The van der Waals surface area contributed by atoms with Crippen molar-refractivity contribution in [2.75, 3.05) is 13.7 Å². The first-order chi connectivity index (χ1) is 10.2. The molecule has 22 heavy (non-hydrogen) atoms. The molecule has 5 nitrogen and oxygen atoms in total. The number of rotatable bonds is 6. The Labute approximate surface area is 138 Å². The van der Waals surface area contributed by atoms with E-state index in [0.717, 1.165) is 37.2 Å². The molecule has 0 atom stereocenters. The van der Waals surface area contributed by atoms with Crippen LogP contribution in [0.2, 0.25) is 0 Å². The van der Waals surface area contributed by atoms with Crippen molar-refractivity contribution in [1.29, 1.82) is 0 Å². The molecule has 1 amide bonds. The molecule has 1 aromatic carbocycles. The van der Waals surface area contributed by atoms with Crippen molar-refractivity contribution in [3.63, 3.8) is 0 Å². The average Bonchev–Trinajstić information content (AvgIpc) is 2.50. The molecule has 0 bridgehead atoms. The van der Waals surface area contributed by atoms with Crippen LogP contribution in [0.5, 0.6) is 11.5 Å². The second-order valence-corrected chi connectivity index (χ2v) is 5.45. The van der Waals surface area contributed by atoms with E-state index in [1.165, 1.54) is 0 Å². The molecule has 1 aliphatic rings. The summed E-state index contributed by atoms with van der Waals surface area (Å²) in [6, 6.07) is 7.91. The summed E-state index contributed by atoms with van der Waals surface area (Å²) in [5.74, 6) is 1.58. The molecular weight excluding hydrogens is 304 g/mol. The van der Waals surface area contributed by atoms with Gasteiger partial charge in [0.15, 0.2) is 0 Å². The maximum absolute atomic E-state index is 11.8. The van der Waals surface area contributed by atoms with Gasteiger partial charge in [0.2, 0.25) is 5.91 Å². The van der Waals surface area contributed by atoms with Gasteiger partial charge in [-0.3, -0.25) is 4.79 Å². The van der Waals surface area contributed by atoms with Gasteiger partial charge in [0.25, 0.3) is 0 Å². The topological polar surface area (TPSA) is 73.6 Å². The first-order valence-electron chi connectivity index (χ1n) is 7.49. The fourth-order valence-electron chi connectivity index (χ4n) is 2.50. The Bertz CT molecular complexity index is 445. The zero-order valence-corrected chi connectivity index (χ0v) is 13.7. The molecule has 2 rings (SSSR count). The molecule has 0 radical (unpaired) electrons. The molecule has 1 aliphatic carbocycles. The van der Waals surface area contributed by atoms with Gasteiger partial charge in [-0.2, -0.15) is 0 Å². The number of amides is 1. The van der Waals surface area contributed by atoms with Crippen molar-refractivity contribution in [1.82, 2.24) is 5.32 Å². The van der Waals surface area contributed by atoms with Crippen LogP contribution in [0.3, 0.4) is 0 Å². The van der Waals surface area contributed by atoms with E-state index in [1.807, 2.05) is 24.3 Å². The number of nitrogens with two attached hydrogens (primary N) is 1. The Morgan fingerprint density at radius 3 is 2.36 bits per heavy atom. The number of ether oxygens (including phenoxy) is 2. The smallest absolute Gasteiger partial charge is 0.223 e. The van der Waals surface area contributed by atoms with Crippen LogP contribution in [-0.4, -0.2) is 31.7 Å². The van der Waals surface area contributed by atoms with Gasteiger partial charge in [0.05, 0.1) is 20.1 Å². The van der Waals surface area contributed by atoms with E-state index in [-0.39, 0.29) is 24.4 Å². The third kappa shape index (κ3) is 6.12. The van der Waals surface area contributed by atoms with Crippen LogP contribution in [0, 0.1) is 0 Å². The predicted molar refractivity (Wildman–Crippen MR) is 88.7 cm³/mol. The van der Waals surface area contributed by atoms with Gasteiger partial charge in [-0.1, -0.05) is 0 Å². The Hall–Kier alpha value is -1.46. The zero-order valence-electron chi connectivity index (χ0n) is 12.9. The molecule has 1 saturated carbocycles. The highest BCUT2D eigenvalue weighted by Gasteiger charge is 2.19. The molecular formula is C16H25ClN2O3. The molecule has 0 spiro atoms. The minimum Gasteiger partial charge on any atom is -0.497 e. The molecule has 0 unspecified atom stereocenters. The van der Waals surface area contributed by atoms with Gasteiger partial charge in [-0.25, -0.2) is 0 Å². The van der Waals surface area contributed by atoms with E-state index in [9.17, 15) is 4.79 Å². The fourth-order valence-corrected chi connectivity index (χ4v) is 2.50. The van der Waals surface area contributed by atoms with E-state index in [0.29, 0.717) is 19.1 Å². The Kier molecular flexibility index (Phi) is 8.06. The van der Waals surface area contributed by atoms with Gasteiger partial charge in [0.1, 0.15) is 11.5 Å². The van der Waals surface area contributed by atoms with E-state index in [1.54, 1.807) is 7.11 Å². The molecule has 0 heterocycles. The highest BCUT2D eigenvalue weighted by molar-refractivity contribution is 5.85. The number of carbonyl (C=O) groups is 1. The molecule has 3 N–H and O–H groups in total. The zero-order chi connectivity index (χ0) is 15.1. The number of carbonyl (C=O) groups excluding carboxylic acids is 1. The number of halogens is 1. The van der Waals surface area contributed by atoms with Gasteiger partial charge in [0, 0.05) is 12.1 Å². The van der Waals surface area contributed by atoms with Gasteiger partial charge in [-0.05, 0) is 49.9 Å². The van der Waals surface area contributed by atoms with Crippen LogP contribution in [0.1, 0.15) is 32.1 Å². The van der Waals surface area contributed by atoms with Crippen molar-refractivity contribution in [2.45, 2.75) is 44.2 Å². The SMILES string of the molecule is COc1ccc(OCCC(=O)NC2CCC(N)CC2)cc1.Cl. The summed E-state index contributed by atoms with van der Waals surface area (Å²) in [5.41, 5.74) is 5.85. The van der Waals surface area contributed by atoms with Crippen molar-refractivity contribution in [3.05, 3.63) is 24.3 Å². The Balaban J connectivity index is 0.00000242. The van der Waals surface area contributed by atoms with E-state index >= 15 is 0 Å². The minimum atomic E-state index is 0. The second kappa shape index (κ2) is 9.54. The van der Waals surface area contributed by atoms with E-state index in [2.05, 4.69) is 5.32 Å². The number of hydrogen-bond donors (Lipinski definition) is 2. The summed E-state index contributed by atoms with van der Waals surface area (Å²) in [6.45, 7) is 0.379. The summed E-state index contributed by atoms with van der Waals surface area (Å²) >= 11 is 0. The van der Waals surface area contributed by atoms with Crippen LogP contribution in [0.4, 0.5) is 0 Å². The third-order valence-electron chi connectivity index (χ3n) is 3.79. The van der Waals surface area contributed by atoms with Crippen LogP contribution in [0.15, 0.2) is 24.3 Å². The van der Waals surface area contributed by atoms with Crippen molar-refractivity contribution in [3.8, 4) is 11.5 Å². The van der Waals surface area contributed by atoms with Crippen LogP contribution in [-0.2, 0) is 4.79 Å². The highest BCUT2D eigenvalue weighted by atomic mass is 35.5. The lowest BCUT2D eigenvalue weighted by Gasteiger charge is -2.26. The fraction of sp³-hybridized carbons (Fsp3) is 0.562. The first kappa shape index (κ1) is 18.6. The highest BCUT2D eigenvalue weighted by Crippen LogP contribution is 2.18. The lowest BCUT2D eigenvalue weighted by atomic mass is 9.92. The molecule has 1 aromatic rings. The number of benzene rings is 1. The largest absolute Gasteiger partial charge is 0.497 e. The second-order valence-electron chi connectivity index (χ2n) is 5.45. The van der Waals surface area contributed by atoms with Gasteiger partial charge < -0.3 is 20.5 Å². The van der Waals surface area contributed by atoms with Crippen molar-refractivity contribution >= 4 is 18.3 Å². The maximum atomic E-state index is 11.8. The quantitative estimate of drug-likeness (QED) is 0.840. The van der Waals surface area contributed by atoms with Crippen LogP contribution in [0.25, 0.3) is 0 Å². The molecule has 1 fully saturated rings. The number of nitrogens with one attached hydrogen (secondary N) is 1.